The smallest absolute Gasteiger partial charge is 0.255 e. The maximum Gasteiger partial charge on any atom is 0.255 e. The molecule has 1 aliphatic heterocycles. The van der Waals surface area contributed by atoms with E-state index in [1.165, 1.54) is 6.07 Å². The molecule has 0 spiro atoms. The highest BCUT2D eigenvalue weighted by atomic mass is 32.2. The predicted molar refractivity (Wildman–Crippen MR) is 86.7 cm³/mol. The van der Waals surface area contributed by atoms with E-state index in [0.717, 1.165) is 0 Å². The van der Waals surface area contributed by atoms with E-state index < -0.39 is 9.84 Å². The highest BCUT2D eigenvalue weighted by Crippen LogP contribution is 2.20. The van der Waals surface area contributed by atoms with Gasteiger partial charge in [0.25, 0.3) is 5.91 Å². The highest BCUT2D eigenvalue weighted by Gasteiger charge is 2.29. The van der Waals surface area contributed by atoms with Crippen molar-refractivity contribution in [3.63, 3.8) is 0 Å². The molecule has 5 nitrogen and oxygen atoms in total. The lowest BCUT2D eigenvalue weighted by molar-refractivity contribution is 0.0670. The molecule has 122 valence electrons. The van der Waals surface area contributed by atoms with Crippen molar-refractivity contribution in [2.45, 2.75) is 44.2 Å². The van der Waals surface area contributed by atoms with Gasteiger partial charge in [-0.25, -0.2) is 8.42 Å². The van der Waals surface area contributed by atoms with Crippen LogP contribution in [0, 0.1) is 0 Å². The summed E-state index contributed by atoms with van der Waals surface area (Å²) in [6, 6.07) is 6.93. The number of rotatable bonds is 4. The summed E-state index contributed by atoms with van der Waals surface area (Å²) < 4.78 is 24.8. The van der Waals surface area contributed by atoms with E-state index in [0.29, 0.717) is 19.5 Å². The van der Waals surface area contributed by atoms with Gasteiger partial charge < -0.3 is 10.2 Å². The molecule has 22 heavy (non-hydrogen) atoms. The molecule has 0 aliphatic carbocycles. The molecule has 1 aromatic carbocycles. The fourth-order valence-corrected chi connectivity index (χ4v) is 4.49. The Bertz CT molecular complexity index is 633. The Morgan fingerprint density at radius 1 is 1.23 bits per heavy atom. The van der Waals surface area contributed by atoms with E-state index >= 15 is 0 Å². The van der Waals surface area contributed by atoms with E-state index in [4.69, 9.17) is 0 Å². The molecule has 1 fully saturated rings. The van der Waals surface area contributed by atoms with Crippen LogP contribution in [0.25, 0.3) is 0 Å². The molecule has 1 N–H and O–H groups in total. The first-order chi connectivity index (χ1) is 10.3. The number of carbonyl (C=O) groups excluding carboxylic acids is 1. The standard InChI is InChI=1S/C16H24N2O3S/c1-4-9-22(20,21)15-8-6-5-7-14(15)16(19)18-10-12(2)17-13(3)11-18/h5-8,12-13,17H,4,9-11H2,1-3H3/t12-,13-/m1/s1. The lowest BCUT2D eigenvalue weighted by Gasteiger charge is -2.36. The zero-order valence-corrected chi connectivity index (χ0v) is 14.2. The van der Waals surface area contributed by atoms with E-state index in [2.05, 4.69) is 5.32 Å². The summed E-state index contributed by atoms with van der Waals surface area (Å²) in [5.74, 6) is -0.137. The second-order valence-corrected chi connectivity index (χ2v) is 8.07. The van der Waals surface area contributed by atoms with E-state index in [9.17, 15) is 13.2 Å². The normalized spacial score (nSPS) is 22.6. The molecule has 1 saturated heterocycles. The predicted octanol–water partition coefficient (Wildman–Crippen LogP) is 1.69. The van der Waals surface area contributed by atoms with Crippen molar-refractivity contribution in [1.82, 2.24) is 10.2 Å². The van der Waals surface area contributed by atoms with Crippen LogP contribution in [0.2, 0.25) is 0 Å². The molecule has 1 heterocycles. The average molecular weight is 324 g/mol. The summed E-state index contributed by atoms with van der Waals surface area (Å²) in [7, 11) is -3.41. The van der Waals surface area contributed by atoms with Crippen LogP contribution in [0.5, 0.6) is 0 Å². The fourth-order valence-electron chi connectivity index (χ4n) is 2.96. The minimum Gasteiger partial charge on any atom is -0.336 e. The Kier molecular flexibility index (Phi) is 5.24. The van der Waals surface area contributed by atoms with Gasteiger partial charge in [-0.2, -0.15) is 0 Å². The number of benzene rings is 1. The van der Waals surface area contributed by atoms with Gasteiger partial charge >= 0.3 is 0 Å². The summed E-state index contributed by atoms with van der Waals surface area (Å²) in [6.45, 7) is 7.05. The van der Waals surface area contributed by atoms with Gasteiger partial charge in [0.15, 0.2) is 9.84 Å². The molecule has 0 saturated carbocycles. The van der Waals surface area contributed by atoms with Crippen molar-refractivity contribution >= 4 is 15.7 Å². The van der Waals surface area contributed by atoms with Crippen molar-refractivity contribution in [1.29, 1.82) is 0 Å². The summed E-state index contributed by atoms with van der Waals surface area (Å²) in [4.78, 5) is 14.7. The van der Waals surface area contributed by atoms with Gasteiger partial charge in [-0.05, 0) is 32.4 Å². The Morgan fingerprint density at radius 2 is 1.82 bits per heavy atom. The van der Waals surface area contributed by atoms with Crippen LogP contribution in [0.4, 0.5) is 0 Å². The molecule has 2 atom stereocenters. The molecule has 0 bridgehead atoms. The van der Waals surface area contributed by atoms with Crippen LogP contribution < -0.4 is 5.32 Å². The zero-order valence-electron chi connectivity index (χ0n) is 13.4. The molecule has 1 aliphatic rings. The third-order valence-electron chi connectivity index (χ3n) is 3.77. The second kappa shape index (κ2) is 6.79. The number of piperazine rings is 1. The van der Waals surface area contributed by atoms with Crippen molar-refractivity contribution in [3.05, 3.63) is 29.8 Å². The maximum atomic E-state index is 12.8. The van der Waals surface area contributed by atoms with Crippen molar-refractivity contribution in [3.8, 4) is 0 Å². The van der Waals surface area contributed by atoms with Crippen molar-refractivity contribution in [2.75, 3.05) is 18.8 Å². The first kappa shape index (κ1) is 17.0. The quantitative estimate of drug-likeness (QED) is 0.915. The molecular weight excluding hydrogens is 300 g/mol. The van der Waals surface area contributed by atoms with Crippen molar-refractivity contribution in [2.24, 2.45) is 0 Å². The Morgan fingerprint density at radius 3 is 2.41 bits per heavy atom. The number of nitrogens with one attached hydrogen (secondary N) is 1. The van der Waals surface area contributed by atoms with Crippen LogP contribution in [-0.4, -0.2) is 50.2 Å². The average Bonchev–Trinajstić information content (AvgIpc) is 2.45. The minimum atomic E-state index is -3.41. The SMILES string of the molecule is CCCS(=O)(=O)c1ccccc1C(=O)N1C[C@@H](C)N[C@H](C)C1. The summed E-state index contributed by atoms with van der Waals surface area (Å²) in [5, 5.41) is 3.37. The minimum absolute atomic E-state index is 0.0612. The van der Waals surface area contributed by atoms with Gasteiger partial charge in [-0.15, -0.1) is 0 Å². The number of nitrogens with zero attached hydrogens (tertiary/aromatic N) is 1. The monoisotopic (exact) mass is 324 g/mol. The Labute approximate surface area is 132 Å². The van der Waals surface area contributed by atoms with Crippen LogP contribution in [0.1, 0.15) is 37.6 Å². The third kappa shape index (κ3) is 3.67. The van der Waals surface area contributed by atoms with Gasteiger partial charge in [0.2, 0.25) is 0 Å². The van der Waals surface area contributed by atoms with Gasteiger partial charge in [0.1, 0.15) is 0 Å². The van der Waals surface area contributed by atoms with Crippen LogP contribution >= 0.6 is 0 Å². The molecular formula is C16H24N2O3S. The summed E-state index contributed by atoms with van der Waals surface area (Å²) in [6.07, 6.45) is 0.534. The number of sulfone groups is 1. The third-order valence-corrected chi connectivity index (χ3v) is 5.74. The topological polar surface area (TPSA) is 66.5 Å². The first-order valence-electron chi connectivity index (χ1n) is 7.72. The molecule has 1 aromatic rings. The van der Waals surface area contributed by atoms with Crippen LogP contribution in [-0.2, 0) is 9.84 Å². The number of hydrogen-bond donors (Lipinski definition) is 1. The Hall–Kier alpha value is -1.40. The summed E-state index contributed by atoms with van der Waals surface area (Å²) in [5.41, 5.74) is 0.289. The highest BCUT2D eigenvalue weighted by molar-refractivity contribution is 7.91. The van der Waals surface area contributed by atoms with Gasteiger partial charge in [-0.3, -0.25) is 4.79 Å². The molecule has 0 aromatic heterocycles. The van der Waals surface area contributed by atoms with Gasteiger partial charge in [0, 0.05) is 25.2 Å². The van der Waals surface area contributed by atoms with E-state index in [1.54, 1.807) is 23.1 Å². The zero-order chi connectivity index (χ0) is 16.3. The van der Waals surface area contributed by atoms with Crippen molar-refractivity contribution < 1.29 is 13.2 Å². The molecule has 0 radical (unpaired) electrons. The fraction of sp³-hybridized carbons (Fsp3) is 0.562. The summed E-state index contributed by atoms with van der Waals surface area (Å²) >= 11 is 0. The molecule has 1 amide bonds. The molecule has 6 heteroatoms. The van der Waals surface area contributed by atoms with E-state index in [-0.39, 0.29) is 34.2 Å². The van der Waals surface area contributed by atoms with Gasteiger partial charge in [-0.1, -0.05) is 19.1 Å². The van der Waals surface area contributed by atoms with E-state index in [1.807, 2.05) is 20.8 Å². The van der Waals surface area contributed by atoms with Crippen LogP contribution in [0.3, 0.4) is 0 Å². The lowest BCUT2D eigenvalue weighted by atomic mass is 10.1. The molecule has 2 rings (SSSR count). The maximum absolute atomic E-state index is 12.8. The molecule has 0 unspecified atom stereocenters. The van der Waals surface area contributed by atoms with Crippen LogP contribution in [0.15, 0.2) is 29.2 Å². The number of amides is 1. The Balaban J connectivity index is 2.35. The lowest BCUT2D eigenvalue weighted by Crippen LogP contribution is -2.55. The first-order valence-corrected chi connectivity index (χ1v) is 9.37. The number of carbonyl (C=O) groups is 1. The van der Waals surface area contributed by atoms with Gasteiger partial charge in [0.05, 0.1) is 16.2 Å². The number of hydrogen-bond acceptors (Lipinski definition) is 4. The largest absolute Gasteiger partial charge is 0.336 e. The second-order valence-electron chi connectivity index (χ2n) is 5.99.